The van der Waals surface area contributed by atoms with Gasteiger partial charge in [0, 0.05) is 32.0 Å². The summed E-state index contributed by atoms with van der Waals surface area (Å²) in [6.07, 6.45) is 7.07. The molecule has 1 saturated carbocycles. The van der Waals surface area contributed by atoms with Gasteiger partial charge in [-0.25, -0.2) is 0 Å². The molecule has 0 amide bonds. The summed E-state index contributed by atoms with van der Waals surface area (Å²) in [6.45, 7) is 8.24. The maximum absolute atomic E-state index is 12.1. The fourth-order valence-electron chi connectivity index (χ4n) is 3.55. The van der Waals surface area contributed by atoms with Crippen LogP contribution in [0, 0.1) is 11.8 Å². The van der Waals surface area contributed by atoms with E-state index in [9.17, 15) is 4.79 Å². The van der Waals surface area contributed by atoms with Gasteiger partial charge in [-0.3, -0.25) is 9.69 Å². The molecule has 0 aromatic heterocycles. The van der Waals surface area contributed by atoms with Crippen LogP contribution in [0.2, 0.25) is 0 Å². The number of carbonyl (C=O) groups excluding carboxylic acids is 1. The predicted molar refractivity (Wildman–Crippen MR) is 77.2 cm³/mol. The Bertz CT molecular complexity index is 292. The Morgan fingerprint density at radius 2 is 2.21 bits per heavy atom. The first kappa shape index (κ1) is 15.0. The Balaban J connectivity index is 1.84. The first-order valence-electron chi connectivity index (χ1n) is 8.09. The van der Waals surface area contributed by atoms with E-state index in [2.05, 4.69) is 18.7 Å². The van der Waals surface area contributed by atoms with Gasteiger partial charge in [0.25, 0.3) is 0 Å². The lowest BCUT2D eigenvalue weighted by atomic mass is 9.78. The van der Waals surface area contributed by atoms with Crippen LogP contribution in [0.5, 0.6) is 0 Å². The average molecular weight is 267 g/mol. The summed E-state index contributed by atoms with van der Waals surface area (Å²) in [5.74, 6) is 1.59. The molecule has 2 rings (SSSR count). The van der Waals surface area contributed by atoms with Crippen molar-refractivity contribution in [2.45, 2.75) is 58.5 Å². The van der Waals surface area contributed by atoms with Crippen molar-refractivity contribution >= 4 is 5.78 Å². The van der Waals surface area contributed by atoms with Gasteiger partial charge in [0.1, 0.15) is 5.78 Å². The van der Waals surface area contributed by atoms with Crippen molar-refractivity contribution < 1.29 is 9.53 Å². The lowest BCUT2D eigenvalue weighted by Gasteiger charge is -2.36. The fraction of sp³-hybridized carbons (Fsp3) is 0.938. The van der Waals surface area contributed by atoms with Crippen LogP contribution >= 0.6 is 0 Å². The van der Waals surface area contributed by atoms with Gasteiger partial charge in [0.2, 0.25) is 0 Å². The topological polar surface area (TPSA) is 29.5 Å². The minimum atomic E-state index is 0.293. The number of hydrogen-bond acceptors (Lipinski definition) is 3. The molecule has 19 heavy (non-hydrogen) atoms. The standard InChI is InChI=1S/C16H29NO2/c1-3-5-13-6-7-16(18)14(10-13)11-17-8-9-19-15(4-2)12-17/h13-15H,3-12H2,1-2H3. The van der Waals surface area contributed by atoms with E-state index in [1.54, 1.807) is 0 Å². The Kier molecular flexibility index (Phi) is 5.83. The summed E-state index contributed by atoms with van der Waals surface area (Å²) >= 11 is 0. The van der Waals surface area contributed by atoms with Crippen LogP contribution in [-0.4, -0.2) is 43.0 Å². The van der Waals surface area contributed by atoms with Crippen LogP contribution in [0.15, 0.2) is 0 Å². The third-order valence-electron chi connectivity index (χ3n) is 4.73. The Morgan fingerprint density at radius 3 is 2.95 bits per heavy atom. The second-order valence-corrected chi connectivity index (χ2v) is 6.25. The largest absolute Gasteiger partial charge is 0.376 e. The quantitative estimate of drug-likeness (QED) is 0.767. The van der Waals surface area contributed by atoms with Crippen LogP contribution in [0.4, 0.5) is 0 Å². The van der Waals surface area contributed by atoms with E-state index in [0.29, 0.717) is 17.8 Å². The molecule has 1 heterocycles. The molecule has 0 aromatic rings. The summed E-state index contributed by atoms with van der Waals surface area (Å²) in [7, 11) is 0. The minimum absolute atomic E-state index is 0.293. The molecule has 0 spiro atoms. The van der Waals surface area contributed by atoms with E-state index < -0.39 is 0 Å². The normalized spacial score (nSPS) is 33.6. The number of carbonyl (C=O) groups is 1. The van der Waals surface area contributed by atoms with Crippen molar-refractivity contribution in [1.29, 1.82) is 0 Å². The SMILES string of the molecule is CCCC1CCC(=O)C(CN2CCOC(CC)C2)C1. The van der Waals surface area contributed by atoms with Gasteiger partial charge in [0.05, 0.1) is 12.7 Å². The zero-order chi connectivity index (χ0) is 13.7. The van der Waals surface area contributed by atoms with Crippen molar-refractivity contribution in [3.8, 4) is 0 Å². The number of morpholine rings is 1. The van der Waals surface area contributed by atoms with Gasteiger partial charge in [0.15, 0.2) is 0 Å². The molecule has 0 aromatic carbocycles. The lowest BCUT2D eigenvalue weighted by molar-refractivity contribution is -0.127. The predicted octanol–water partition coefficient (Wildman–Crippen LogP) is 2.88. The Morgan fingerprint density at radius 1 is 1.37 bits per heavy atom. The molecule has 0 bridgehead atoms. The summed E-state index contributed by atoms with van der Waals surface area (Å²) in [5, 5.41) is 0. The molecule has 3 heteroatoms. The minimum Gasteiger partial charge on any atom is -0.376 e. The first-order chi connectivity index (χ1) is 9.22. The number of ether oxygens (including phenoxy) is 1. The number of Topliss-reactive ketones (excluding diaryl/α,β-unsaturated/α-hetero) is 1. The number of nitrogens with zero attached hydrogens (tertiary/aromatic N) is 1. The molecular weight excluding hydrogens is 238 g/mol. The van der Waals surface area contributed by atoms with Crippen molar-refractivity contribution in [2.75, 3.05) is 26.2 Å². The third-order valence-corrected chi connectivity index (χ3v) is 4.73. The summed E-state index contributed by atoms with van der Waals surface area (Å²) in [4.78, 5) is 14.6. The van der Waals surface area contributed by atoms with Gasteiger partial charge in [-0.05, 0) is 25.2 Å². The van der Waals surface area contributed by atoms with Gasteiger partial charge < -0.3 is 4.74 Å². The van der Waals surface area contributed by atoms with Gasteiger partial charge in [-0.1, -0.05) is 26.7 Å². The molecule has 1 aliphatic heterocycles. The van der Waals surface area contributed by atoms with Crippen LogP contribution < -0.4 is 0 Å². The molecule has 0 N–H and O–H groups in total. The van der Waals surface area contributed by atoms with Crippen molar-refractivity contribution in [2.24, 2.45) is 11.8 Å². The zero-order valence-corrected chi connectivity index (χ0v) is 12.6. The van der Waals surface area contributed by atoms with E-state index in [4.69, 9.17) is 4.74 Å². The molecule has 1 aliphatic carbocycles. The van der Waals surface area contributed by atoms with Crippen LogP contribution in [-0.2, 0) is 9.53 Å². The maximum Gasteiger partial charge on any atom is 0.137 e. The fourth-order valence-corrected chi connectivity index (χ4v) is 3.55. The van der Waals surface area contributed by atoms with E-state index in [0.717, 1.165) is 57.8 Å². The number of rotatable bonds is 5. The zero-order valence-electron chi connectivity index (χ0n) is 12.6. The van der Waals surface area contributed by atoms with Crippen LogP contribution in [0.1, 0.15) is 52.4 Å². The second kappa shape index (κ2) is 7.39. The van der Waals surface area contributed by atoms with Gasteiger partial charge in [-0.2, -0.15) is 0 Å². The summed E-state index contributed by atoms with van der Waals surface area (Å²) in [5.41, 5.74) is 0. The smallest absolute Gasteiger partial charge is 0.137 e. The van der Waals surface area contributed by atoms with E-state index in [-0.39, 0.29) is 0 Å². The second-order valence-electron chi connectivity index (χ2n) is 6.25. The van der Waals surface area contributed by atoms with Crippen molar-refractivity contribution in [3.05, 3.63) is 0 Å². The molecule has 3 nitrogen and oxygen atoms in total. The molecule has 3 atom stereocenters. The maximum atomic E-state index is 12.1. The first-order valence-corrected chi connectivity index (χ1v) is 8.09. The summed E-state index contributed by atoms with van der Waals surface area (Å²) in [6, 6.07) is 0. The van der Waals surface area contributed by atoms with E-state index in [1.807, 2.05) is 0 Å². The highest BCUT2D eigenvalue weighted by molar-refractivity contribution is 5.81. The molecule has 3 unspecified atom stereocenters. The average Bonchev–Trinajstić information content (AvgIpc) is 2.43. The summed E-state index contributed by atoms with van der Waals surface area (Å²) < 4.78 is 5.71. The van der Waals surface area contributed by atoms with Gasteiger partial charge >= 0.3 is 0 Å². The molecule has 2 fully saturated rings. The molecule has 0 radical (unpaired) electrons. The van der Waals surface area contributed by atoms with Gasteiger partial charge in [-0.15, -0.1) is 0 Å². The monoisotopic (exact) mass is 267 g/mol. The Hall–Kier alpha value is -0.410. The molecular formula is C16H29NO2. The van der Waals surface area contributed by atoms with E-state index >= 15 is 0 Å². The molecule has 1 saturated heterocycles. The van der Waals surface area contributed by atoms with E-state index in [1.165, 1.54) is 12.8 Å². The van der Waals surface area contributed by atoms with Crippen LogP contribution in [0.25, 0.3) is 0 Å². The Labute approximate surface area is 117 Å². The van der Waals surface area contributed by atoms with Crippen molar-refractivity contribution in [3.63, 3.8) is 0 Å². The number of hydrogen-bond donors (Lipinski definition) is 0. The third kappa shape index (κ3) is 4.28. The molecule has 2 aliphatic rings. The van der Waals surface area contributed by atoms with Crippen LogP contribution in [0.3, 0.4) is 0 Å². The molecule has 110 valence electrons. The highest BCUT2D eigenvalue weighted by atomic mass is 16.5. The van der Waals surface area contributed by atoms with Crippen molar-refractivity contribution in [1.82, 2.24) is 4.90 Å². The highest BCUT2D eigenvalue weighted by Crippen LogP contribution is 2.30. The number of ketones is 1. The lowest BCUT2D eigenvalue weighted by Crippen LogP contribution is -2.46. The highest BCUT2D eigenvalue weighted by Gasteiger charge is 2.31.